The lowest BCUT2D eigenvalue weighted by molar-refractivity contribution is -0.255. The molecule has 4 atom stereocenters. The number of nitrogens with zero attached hydrogens (tertiary/aromatic N) is 1. The number of benzene rings is 1. The molecule has 1 spiro atoms. The number of phenolic OH excluding ortho intramolecular Hbond substituents is 1. The first kappa shape index (κ1) is 13.3. The van der Waals surface area contributed by atoms with Gasteiger partial charge >= 0.3 is 0 Å². The molecule has 4 fully saturated rings. The molecule has 4 bridgehead atoms. The Hall–Kier alpha value is -1.10. The number of rotatable bonds is 0. The quantitative estimate of drug-likeness (QED) is 0.763. The van der Waals surface area contributed by atoms with Gasteiger partial charge in [-0.1, -0.05) is 6.07 Å². The van der Waals surface area contributed by atoms with E-state index >= 15 is 0 Å². The van der Waals surface area contributed by atoms with Crippen LogP contribution in [0.1, 0.15) is 36.8 Å². The van der Waals surface area contributed by atoms with Crippen LogP contribution in [0.15, 0.2) is 18.2 Å². The highest BCUT2D eigenvalue weighted by atomic mass is 16.5. The van der Waals surface area contributed by atoms with Gasteiger partial charge in [-0.25, -0.2) is 0 Å². The molecule has 0 amide bonds. The molecular weight excluding hydrogens is 276 g/mol. The molecule has 2 aliphatic carbocycles. The van der Waals surface area contributed by atoms with E-state index in [1.54, 1.807) is 0 Å². The number of piperidine rings is 1. The van der Waals surface area contributed by atoms with Crippen LogP contribution in [0.25, 0.3) is 0 Å². The summed E-state index contributed by atoms with van der Waals surface area (Å²) in [4.78, 5) is 2.49. The van der Waals surface area contributed by atoms with Gasteiger partial charge in [0.1, 0.15) is 5.75 Å². The van der Waals surface area contributed by atoms with E-state index in [0.717, 1.165) is 38.6 Å². The lowest BCUT2D eigenvalue weighted by atomic mass is 9.45. The van der Waals surface area contributed by atoms with Crippen molar-refractivity contribution in [2.24, 2.45) is 5.73 Å². The number of aromatic hydroxyl groups is 1. The highest BCUT2D eigenvalue weighted by Gasteiger charge is 2.70. The summed E-state index contributed by atoms with van der Waals surface area (Å²) in [6.45, 7) is 1.77. The van der Waals surface area contributed by atoms with Gasteiger partial charge in [-0.3, -0.25) is 0 Å². The number of likely N-dealkylation sites (tertiary alicyclic amines) is 1. The zero-order valence-corrected chi connectivity index (χ0v) is 13.1. The largest absolute Gasteiger partial charge is 0.508 e. The first-order chi connectivity index (χ1) is 10.5. The van der Waals surface area contributed by atoms with Crippen LogP contribution in [0.3, 0.4) is 0 Å². The van der Waals surface area contributed by atoms with Gasteiger partial charge < -0.3 is 20.5 Å². The number of hydrogen-bond donors (Lipinski definition) is 2. The van der Waals surface area contributed by atoms with Gasteiger partial charge in [0, 0.05) is 17.0 Å². The van der Waals surface area contributed by atoms with Crippen molar-refractivity contribution >= 4 is 0 Å². The number of ether oxygens (including phenoxy) is 1. The van der Waals surface area contributed by atoms with Gasteiger partial charge in [-0.15, -0.1) is 0 Å². The average molecular weight is 300 g/mol. The molecule has 4 nitrogen and oxygen atoms in total. The zero-order chi connectivity index (χ0) is 15.2. The molecule has 22 heavy (non-hydrogen) atoms. The van der Waals surface area contributed by atoms with Crippen LogP contribution < -0.4 is 5.73 Å². The van der Waals surface area contributed by atoms with E-state index < -0.39 is 0 Å². The fourth-order valence-corrected chi connectivity index (χ4v) is 6.05. The molecule has 1 unspecified atom stereocenters. The number of likely N-dealkylation sites (N-methyl/N-ethyl adjacent to an activating group) is 1. The van der Waals surface area contributed by atoms with E-state index in [1.165, 1.54) is 11.1 Å². The predicted molar refractivity (Wildman–Crippen MR) is 84.0 cm³/mol. The van der Waals surface area contributed by atoms with Crippen LogP contribution in [-0.2, 0) is 16.6 Å². The molecule has 3 aliphatic heterocycles. The molecule has 3 heterocycles. The van der Waals surface area contributed by atoms with Crippen molar-refractivity contribution < 1.29 is 9.84 Å². The van der Waals surface area contributed by atoms with Gasteiger partial charge in [0.2, 0.25) is 0 Å². The van der Waals surface area contributed by atoms with Gasteiger partial charge in [0.15, 0.2) is 0 Å². The summed E-state index contributed by atoms with van der Waals surface area (Å²) in [7, 11) is 2.23. The van der Waals surface area contributed by atoms with E-state index in [9.17, 15) is 5.11 Å². The van der Waals surface area contributed by atoms with Crippen molar-refractivity contribution in [3.05, 3.63) is 29.3 Å². The van der Waals surface area contributed by atoms with Crippen LogP contribution in [0.4, 0.5) is 0 Å². The molecule has 3 N–H and O–H groups in total. The van der Waals surface area contributed by atoms with E-state index in [4.69, 9.17) is 10.5 Å². The normalized spacial score (nSPS) is 46.2. The minimum Gasteiger partial charge on any atom is -0.508 e. The third kappa shape index (κ3) is 1.35. The summed E-state index contributed by atoms with van der Waals surface area (Å²) in [5, 5.41) is 10.1. The summed E-state index contributed by atoms with van der Waals surface area (Å²) in [5.41, 5.74) is 9.03. The van der Waals surface area contributed by atoms with Crippen LogP contribution in [0.2, 0.25) is 0 Å². The minimum atomic E-state index is -0.192. The fourth-order valence-electron chi connectivity index (χ4n) is 6.05. The Kier molecular flexibility index (Phi) is 2.34. The van der Waals surface area contributed by atoms with E-state index in [0.29, 0.717) is 18.4 Å². The lowest BCUT2D eigenvalue weighted by Gasteiger charge is -2.71. The molecule has 0 radical (unpaired) electrons. The van der Waals surface area contributed by atoms with E-state index in [2.05, 4.69) is 18.0 Å². The van der Waals surface area contributed by atoms with E-state index in [-0.39, 0.29) is 16.6 Å². The van der Waals surface area contributed by atoms with Crippen molar-refractivity contribution in [3.63, 3.8) is 0 Å². The zero-order valence-electron chi connectivity index (χ0n) is 13.1. The van der Waals surface area contributed by atoms with Crippen LogP contribution >= 0.6 is 0 Å². The molecule has 118 valence electrons. The number of phenols is 1. The van der Waals surface area contributed by atoms with Crippen molar-refractivity contribution in [2.45, 2.75) is 54.7 Å². The first-order valence-corrected chi connectivity index (χ1v) is 8.44. The van der Waals surface area contributed by atoms with Crippen LogP contribution in [-0.4, -0.2) is 47.4 Å². The highest BCUT2D eigenvalue weighted by molar-refractivity contribution is 5.49. The molecule has 4 heteroatoms. The third-order valence-corrected chi connectivity index (χ3v) is 7.06. The fraction of sp³-hybridized carbons (Fsp3) is 0.667. The topological polar surface area (TPSA) is 58.7 Å². The van der Waals surface area contributed by atoms with Gasteiger partial charge in [0.05, 0.1) is 12.2 Å². The lowest BCUT2D eigenvalue weighted by Crippen LogP contribution is -2.80. The van der Waals surface area contributed by atoms with Gasteiger partial charge in [0.25, 0.3) is 0 Å². The molecule has 5 aliphatic rings. The average Bonchev–Trinajstić information content (AvgIpc) is 2.51. The number of nitrogens with two attached hydrogens (primary N) is 1. The Bertz CT molecular complexity index is 650. The van der Waals surface area contributed by atoms with Crippen molar-refractivity contribution in [1.82, 2.24) is 4.90 Å². The molecule has 1 aromatic rings. The second kappa shape index (κ2) is 3.86. The smallest absolute Gasteiger partial charge is 0.115 e. The third-order valence-electron chi connectivity index (χ3n) is 7.06. The monoisotopic (exact) mass is 300 g/mol. The maximum Gasteiger partial charge on any atom is 0.115 e. The first-order valence-electron chi connectivity index (χ1n) is 8.44. The maximum atomic E-state index is 10.1. The van der Waals surface area contributed by atoms with Gasteiger partial charge in [-0.2, -0.15) is 0 Å². The molecule has 1 saturated carbocycles. The summed E-state index contributed by atoms with van der Waals surface area (Å²) in [6.07, 6.45) is 5.21. The second-order valence-corrected chi connectivity index (χ2v) is 8.09. The summed E-state index contributed by atoms with van der Waals surface area (Å²) in [6, 6.07) is 6.36. The Labute approximate surface area is 131 Å². The Morgan fingerprint density at radius 3 is 2.95 bits per heavy atom. The Morgan fingerprint density at radius 1 is 1.32 bits per heavy atom. The van der Waals surface area contributed by atoms with Crippen molar-refractivity contribution in [1.29, 1.82) is 0 Å². The summed E-state index contributed by atoms with van der Waals surface area (Å²) >= 11 is 0. The molecule has 6 rings (SSSR count). The Morgan fingerprint density at radius 2 is 2.18 bits per heavy atom. The van der Waals surface area contributed by atoms with Crippen LogP contribution in [0, 0.1) is 0 Å². The second-order valence-electron chi connectivity index (χ2n) is 8.09. The van der Waals surface area contributed by atoms with Crippen LogP contribution in [0.5, 0.6) is 5.75 Å². The highest BCUT2D eigenvalue weighted by Crippen LogP contribution is 2.63. The van der Waals surface area contributed by atoms with Crippen molar-refractivity contribution in [2.75, 3.05) is 20.2 Å². The maximum absolute atomic E-state index is 10.1. The minimum absolute atomic E-state index is 0.0122. The predicted octanol–water partition coefficient (Wildman–Crippen LogP) is 1.54. The van der Waals surface area contributed by atoms with E-state index in [1.807, 2.05) is 12.1 Å². The molecule has 3 saturated heterocycles. The standard InChI is InChI=1S/C18H24N2O2/c1-20-7-6-17-10-16(19)4-5-18(17,22-11-16)15(20)8-12-2-3-13(21)9-14(12)17/h2-3,9,15,21H,4-8,10-11,19H2,1H3/t15-,16+,17?,18-/m1/s1. The molecular formula is C18H24N2O2. The molecule has 1 aromatic carbocycles. The Balaban J connectivity index is 1.79. The number of fused-ring (bicyclic) bond motifs is 3. The summed E-state index contributed by atoms with van der Waals surface area (Å²) < 4.78 is 6.55. The number of hydrogen-bond acceptors (Lipinski definition) is 4. The SMILES string of the molecule is CN1CCC23C[C@@]4(N)CC[C@@]2(OC4)[C@H]1Cc1ccc(O)cc13. The van der Waals surface area contributed by atoms with Crippen molar-refractivity contribution in [3.8, 4) is 5.75 Å². The molecule has 0 aromatic heterocycles. The van der Waals surface area contributed by atoms with Gasteiger partial charge in [-0.05, 0) is 69.0 Å². The summed E-state index contributed by atoms with van der Waals surface area (Å²) in [5.74, 6) is 0.369.